The van der Waals surface area contributed by atoms with Gasteiger partial charge in [-0.05, 0) is 6.07 Å². The Balaban J connectivity index is 2.15. The first-order valence-electron chi connectivity index (χ1n) is 4.52. The van der Waals surface area contributed by atoms with Crippen LogP contribution in [0, 0.1) is 5.82 Å². The predicted molar refractivity (Wildman–Crippen MR) is 51.4 cm³/mol. The standard InChI is InChI=1S/C10H10FN3O/c11-9-4-2-1-3-8(9)10(15)5-14-6-12-13-7-14/h1-4,6-7,10,15H,5H2. The van der Waals surface area contributed by atoms with Crippen LogP contribution in [-0.4, -0.2) is 19.9 Å². The lowest BCUT2D eigenvalue weighted by molar-refractivity contribution is 0.152. The lowest BCUT2D eigenvalue weighted by Crippen LogP contribution is -2.08. The second-order valence-corrected chi connectivity index (χ2v) is 3.20. The smallest absolute Gasteiger partial charge is 0.129 e. The van der Waals surface area contributed by atoms with Gasteiger partial charge in [0.15, 0.2) is 0 Å². The Hall–Kier alpha value is -1.75. The number of hydrogen-bond acceptors (Lipinski definition) is 3. The SMILES string of the molecule is OC(Cn1cnnc1)c1ccccc1F. The average molecular weight is 207 g/mol. The van der Waals surface area contributed by atoms with Crippen molar-refractivity contribution in [2.45, 2.75) is 12.6 Å². The number of aliphatic hydroxyl groups is 1. The van der Waals surface area contributed by atoms with Crippen LogP contribution in [0.15, 0.2) is 36.9 Å². The molecule has 1 heterocycles. The first-order chi connectivity index (χ1) is 7.27. The van der Waals surface area contributed by atoms with E-state index in [0.717, 1.165) is 0 Å². The van der Waals surface area contributed by atoms with Gasteiger partial charge in [-0.1, -0.05) is 18.2 Å². The van der Waals surface area contributed by atoms with Crippen LogP contribution in [0.5, 0.6) is 0 Å². The molecule has 0 saturated carbocycles. The minimum Gasteiger partial charge on any atom is -0.386 e. The summed E-state index contributed by atoms with van der Waals surface area (Å²) in [7, 11) is 0. The van der Waals surface area contributed by atoms with Crippen molar-refractivity contribution in [3.05, 3.63) is 48.3 Å². The van der Waals surface area contributed by atoms with Gasteiger partial charge in [-0.2, -0.15) is 0 Å². The Morgan fingerprint density at radius 1 is 1.27 bits per heavy atom. The first-order valence-corrected chi connectivity index (χ1v) is 4.52. The molecule has 0 amide bonds. The Bertz CT molecular complexity index is 430. The van der Waals surface area contributed by atoms with Gasteiger partial charge >= 0.3 is 0 Å². The summed E-state index contributed by atoms with van der Waals surface area (Å²) in [4.78, 5) is 0. The number of aliphatic hydroxyl groups excluding tert-OH is 1. The van der Waals surface area contributed by atoms with E-state index in [9.17, 15) is 9.50 Å². The van der Waals surface area contributed by atoms with Crippen LogP contribution < -0.4 is 0 Å². The molecule has 1 unspecified atom stereocenters. The Morgan fingerprint density at radius 3 is 2.60 bits per heavy atom. The molecular weight excluding hydrogens is 197 g/mol. The van der Waals surface area contributed by atoms with E-state index in [1.165, 1.54) is 18.7 Å². The second kappa shape index (κ2) is 4.18. The van der Waals surface area contributed by atoms with Gasteiger partial charge in [0, 0.05) is 5.56 Å². The molecule has 78 valence electrons. The molecule has 0 fully saturated rings. The third-order valence-corrected chi connectivity index (χ3v) is 2.11. The van der Waals surface area contributed by atoms with Crippen molar-refractivity contribution in [2.24, 2.45) is 0 Å². The van der Waals surface area contributed by atoms with Crippen molar-refractivity contribution >= 4 is 0 Å². The van der Waals surface area contributed by atoms with Crippen LogP contribution in [0.2, 0.25) is 0 Å². The van der Waals surface area contributed by atoms with Gasteiger partial charge in [-0.25, -0.2) is 4.39 Å². The fourth-order valence-corrected chi connectivity index (χ4v) is 1.36. The molecule has 1 atom stereocenters. The Labute approximate surface area is 86.0 Å². The highest BCUT2D eigenvalue weighted by molar-refractivity contribution is 5.19. The van der Waals surface area contributed by atoms with Gasteiger partial charge < -0.3 is 9.67 Å². The van der Waals surface area contributed by atoms with Gasteiger partial charge in [-0.15, -0.1) is 10.2 Å². The molecule has 0 radical (unpaired) electrons. The van der Waals surface area contributed by atoms with Crippen LogP contribution in [0.4, 0.5) is 4.39 Å². The second-order valence-electron chi connectivity index (χ2n) is 3.20. The summed E-state index contributed by atoms with van der Waals surface area (Å²) >= 11 is 0. The van der Waals surface area contributed by atoms with Gasteiger partial charge in [0.25, 0.3) is 0 Å². The third kappa shape index (κ3) is 2.19. The molecule has 2 rings (SSSR count). The average Bonchev–Trinajstić information content (AvgIpc) is 2.71. The molecule has 0 aliphatic heterocycles. The molecular formula is C10H10FN3O. The molecule has 0 bridgehead atoms. The molecule has 0 aliphatic carbocycles. The zero-order valence-electron chi connectivity index (χ0n) is 7.92. The molecule has 5 heteroatoms. The molecule has 0 aliphatic rings. The Kier molecular flexibility index (Phi) is 2.73. The van der Waals surface area contributed by atoms with Gasteiger partial charge in [-0.3, -0.25) is 0 Å². The van der Waals surface area contributed by atoms with E-state index >= 15 is 0 Å². The molecule has 0 spiro atoms. The molecule has 0 saturated heterocycles. The van der Waals surface area contributed by atoms with Crippen LogP contribution in [-0.2, 0) is 6.54 Å². The van der Waals surface area contributed by atoms with Crippen molar-refractivity contribution in [1.82, 2.24) is 14.8 Å². The topological polar surface area (TPSA) is 50.9 Å². The van der Waals surface area contributed by atoms with E-state index in [1.54, 1.807) is 22.8 Å². The quantitative estimate of drug-likeness (QED) is 0.821. The highest BCUT2D eigenvalue weighted by Gasteiger charge is 2.12. The lowest BCUT2D eigenvalue weighted by atomic mass is 10.1. The van der Waals surface area contributed by atoms with Gasteiger partial charge in [0.1, 0.15) is 18.5 Å². The van der Waals surface area contributed by atoms with E-state index < -0.39 is 11.9 Å². The molecule has 1 aromatic heterocycles. The minimum absolute atomic E-state index is 0.244. The van der Waals surface area contributed by atoms with Crippen molar-refractivity contribution in [2.75, 3.05) is 0 Å². The summed E-state index contributed by atoms with van der Waals surface area (Å²) < 4.78 is 14.9. The first kappa shape index (κ1) is 9.79. The van der Waals surface area contributed by atoms with Crippen molar-refractivity contribution in [3.8, 4) is 0 Å². The summed E-state index contributed by atoms with van der Waals surface area (Å²) in [6.45, 7) is 0.244. The summed E-state index contributed by atoms with van der Waals surface area (Å²) in [5, 5.41) is 17.0. The van der Waals surface area contributed by atoms with Gasteiger partial charge in [0.05, 0.1) is 12.6 Å². The van der Waals surface area contributed by atoms with E-state index in [4.69, 9.17) is 0 Å². The zero-order valence-corrected chi connectivity index (χ0v) is 7.92. The lowest BCUT2D eigenvalue weighted by Gasteiger charge is -2.11. The molecule has 15 heavy (non-hydrogen) atoms. The summed E-state index contributed by atoms with van der Waals surface area (Å²) in [5.41, 5.74) is 0.284. The number of halogens is 1. The molecule has 4 nitrogen and oxygen atoms in total. The van der Waals surface area contributed by atoms with E-state index in [1.807, 2.05) is 0 Å². The van der Waals surface area contributed by atoms with Crippen molar-refractivity contribution in [1.29, 1.82) is 0 Å². The fraction of sp³-hybridized carbons (Fsp3) is 0.200. The minimum atomic E-state index is -0.887. The number of aromatic nitrogens is 3. The van der Waals surface area contributed by atoms with E-state index in [2.05, 4.69) is 10.2 Å². The van der Waals surface area contributed by atoms with Gasteiger partial charge in [0.2, 0.25) is 0 Å². The highest BCUT2D eigenvalue weighted by atomic mass is 19.1. The number of nitrogens with zero attached hydrogens (tertiary/aromatic N) is 3. The van der Waals surface area contributed by atoms with E-state index in [-0.39, 0.29) is 12.1 Å². The fourth-order valence-electron chi connectivity index (χ4n) is 1.36. The summed E-state index contributed by atoms with van der Waals surface area (Å²) in [6.07, 6.45) is 2.07. The highest BCUT2D eigenvalue weighted by Crippen LogP contribution is 2.17. The number of benzene rings is 1. The summed E-state index contributed by atoms with van der Waals surface area (Å²) in [5.74, 6) is -0.405. The number of rotatable bonds is 3. The molecule has 2 aromatic rings. The van der Waals surface area contributed by atoms with Crippen molar-refractivity contribution < 1.29 is 9.50 Å². The predicted octanol–water partition coefficient (Wildman–Crippen LogP) is 1.15. The maximum absolute atomic E-state index is 13.3. The maximum Gasteiger partial charge on any atom is 0.129 e. The van der Waals surface area contributed by atoms with Crippen LogP contribution in [0.3, 0.4) is 0 Å². The monoisotopic (exact) mass is 207 g/mol. The number of hydrogen-bond donors (Lipinski definition) is 1. The largest absolute Gasteiger partial charge is 0.386 e. The van der Waals surface area contributed by atoms with E-state index in [0.29, 0.717) is 0 Å². The summed E-state index contributed by atoms with van der Waals surface area (Å²) in [6, 6.07) is 6.16. The Morgan fingerprint density at radius 2 is 1.93 bits per heavy atom. The van der Waals surface area contributed by atoms with Crippen LogP contribution in [0.1, 0.15) is 11.7 Å². The van der Waals surface area contributed by atoms with Crippen LogP contribution in [0.25, 0.3) is 0 Å². The normalized spacial score (nSPS) is 12.7. The molecule has 1 aromatic carbocycles. The maximum atomic E-state index is 13.3. The third-order valence-electron chi connectivity index (χ3n) is 2.11. The molecule has 1 N–H and O–H groups in total. The zero-order chi connectivity index (χ0) is 10.7. The van der Waals surface area contributed by atoms with Crippen molar-refractivity contribution in [3.63, 3.8) is 0 Å². The van der Waals surface area contributed by atoms with Crippen LogP contribution >= 0.6 is 0 Å².